The predicted octanol–water partition coefficient (Wildman–Crippen LogP) is 3.96. The first kappa shape index (κ1) is 13.6. The van der Waals surface area contributed by atoms with Gasteiger partial charge in [-0.15, -0.1) is 0 Å². The zero-order valence-electron chi connectivity index (χ0n) is 11.5. The Morgan fingerprint density at radius 3 is 2.76 bits per heavy atom. The maximum Gasteiger partial charge on any atom is 0.275 e. The number of carbonyl (C=O) groups is 1. The Hall–Kier alpha value is -2.33. The van der Waals surface area contributed by atoms with E-state index in [1.807, 2.05) is 49.4 Å². The van der Waals surface area contributed by atoms with E-state index < -0.39 is 0 Å². The Labute approximate surface area is 127 Å². The molecule has 0 aliphatic heterocycles. The molecule has 1 heterocycles. The molecule has 0 atom stereocenters. The first-order valence-electron chi connectivity index (χ1n) is 6.70. The molecule has 5 heteroatoms. The number of rotatable bonds is 3. The summed E-state index contributed by atoms with van der Waals surface area (Å²) >= 11 is 6.04. The number of hydrogen-bond donors (Lipinski definition) is 1. The van der Waals surface area contributed by atoms with E-state index in [4.69, 9.17) is 11.6 Å². The second-order valence-corrected chi connectivity index (χ2v) is 5.08. The molecular formula is C16H14ClN3O. The Kier molecular flexibility index (Phi) is 3.62. The van der Waals surface area contributed by atoms with E-state index in [-0.39, 0.29) is 5.91 Å². The summed E-state index contributed by atoms with van der Waals surface area (Å²) < 4.78 is 1.58. The van der Waals surface area contributed by atoms with Gasteiger partial charge in [0.25, 0.3) is 5.91 Å². The van der Waals surface area contributed by atoms with E-state index >= 15 is 0 Å². The number of aryl methyl sites for hydroxylation is 1. The van der Waals surface area contributed by atoms with Gasteiger partial charge in [0, 0.05) is 12.2 Å². The summed E-state index contributed by atoms with van der Waals surface area (Å²) in [7, 11) is 0. The van der Waals surface area contributed by atoms with Gasteiger partial charge in [-0.2, -0.15) is 5.10 Å². The van der Waals surface area contributed by atoms with Gasteiger partial charge in [0.2, 0.25) is 0 Å². The highest BCUT2D eigenvalue weighted by Crippen LogP contribution is 2.21. The van der Waals surface area contributed by atoms with Crippen molar-refractivity contribution in [2.75, 3.05) is 5.32 Å². The minimum Gasteiger partial charge on any atom is -0.321 e. The molecule has 0 fully saturated rings. The van der Waals surface area contributed by atoms with Crippen molar-refractivity contribution in [1.29, 1.82) is 0 Å². The smallest absolute Gasteiger partial charge is 0.275 e. The number of amides is 1. The van der Waals surface area contributed by atoms with Gasteiger partial charge in [-0.3, -0.25) is 9.48 Å². The van der Waals surface area contributed by atoms with Gasteiger partial charge >= 0.3 is 0 Å². The van der Waals surface area contributed by atoms with Gasteiger partial charge in [-0.05, 0) is 29.8 Å². The lowest BCUT2D eigenvalue weighted by molar-refractivity contribution is 0.101. The van der Waals surface area contributed by atoms with Gasteiger partial charge in [0.15, 0.2) is 0 Å². The van der Waals surface area contributed by atoms with E-state index in [0.717, 1.165) is 16.5 Å². The molecule has 0 unspecified atom stereocenters. The number of hydrogen-bond acceptors (Lipinski definition) is 2. The quantitative estimate of drug-likeness (QED) is 0.795. The van der Waals surface area contributed by atoms with Crippen LogP contribution in [0.2, 0.25) is 5.02 Å². The molecule has 21 heavy (non-hydrogen) atoms. The van der Waals surface area contributed by atoms with E-state index in [1.54, 1.807) is 4.68 Å². The maximum atomic E-state index is 12.4. The number of nitrogens with zero attached hydrogens (tertiary/aromatic N) is 2. The first-order chi connectivity index (χ1) is 10.2. The Morgan fingerprint density at radius 2 is 2.00 bits per heavy atom. The summed E-state index contributed by atoms with van der Waals surface area (Å²) in [5, 5.41) is 9.50. The maximum absolute atomic E-state index is 12.4. The lowest BCUT2D eigenvalue weighted by atomic mass is 10.1. The lowest BCUT2D eigenvalue weighted by Crippen LogP contribution is -2.17. The van der Waals surface area contributed by atoms with Crippen LogP contribution in [0.25, 0.3) is 10.8 Å². The number of halogens is 1. The predicted molar refractivity (Wildman–Crippen MR) is 84.8 cm³/mol. The van der Waals surface area contributed by atoms with Crippen LogP contribution in [0.15, 0.2) is 48.7 Å². The zero-order valence-corrected chi connectivity index (χ0v) is 12.3. The number of aromatic nitrogens is 2. The SMILES string of the molecule is CCn1ncc(Cl)c1C(=O)Nc1ccc2ccccc2c1. The van der Waals surface area contributed by atoms with Gasteiger partial charge in [-0.1, -0.05) is 41.9 Å². The highest BCUT2D eigenvalue weighted by atomic mass is 35.5. The topological polar surface area (TPSA) is 46.9 Å². The molecule has 0 spiro atoms. The third kappa shape index (κ3) is 2.62. The Bertz CT molecular complexity index is 810. The van der Waals surface area contributed by atoms with Crippen molar-refractivity contribution in [3.8, 4) is 0 Å². The molecule has 0 saturated heterocycles. The minimum atomic E-state index is -0.255. The summed E-state index contributed by atoms with van der Waals surface area (Å²) in [6, 6.07) is 13.8. The van der Waals surface area contributed by atoms with Crippen LogP contribution >= 0.6 is 11.6 Å². The number of anilines is 1. The summed E-state index contributed by atoms with van der Waals surface area (Å²) in [6.45, 7) is 2.50. The van der Waals surface area contributed by atoms with Crippen molar-refractivity contribution in [3.63, 3.8) is 0 Å². The molecule has 1 N–H and O–H groups in total. The van der Waals surface area contributed by atoms with Crippen LogP contribution in [-0.2, 0) is 6.54 Å². The number of benzene rings is 2. The van der Waals surface area contributed by atoms with Crippen LogP contribution in [0.1, 0.15) is 17.4 Å². The molecule has 2 aromatic carbocycles. The molecule has 0 aliphatic rings. The minimum absolute atomic E-state index is 0.255. The number of carbonyl (C=O) groups excluding carboxylic acids is 1. The number of nitrogens with one attached hydrogen (secondary N) is 1. The van der Waals surface area contributed by atoms with Crippen molar-refractivity contribution in [1.82, 2.24) is 9.78 Å². The average molecular weight is 300 g/mol. The monoisotopic (exact) mass is 299 g/mol. The molecule has 3 aromatic rings. The molecule has 106 valence electrons. The molecule has 0 bridgehead atoms. The van der Waals surface area contributed by atoms with Crippen LogP contribution in [0.4, 0.5) is 5.69 Å². The van der Waals surface area contributed by atoms with E-state index in [2.05, 4.69) is 10.4 Å². The van der Waals surface area contributed by atoms with E-state index in [1.165, 1.54) is 6.20 Å². The van der Waals surface area contributed by atoms with Crippen molar-refractivity contribution in [3.05, 3.63) is 59.4 Å². The van der Waals surface area contributed by atoms with Gasteiger partial charge in [0.1, 0.15) is 5.69 Å². The van der Waals surface area contributed by atoms with Crippen molar-refractivity contribution >= 4 is 34.0 Å². The van der Waals surface area contributed by atoms with E-state index in [9.17, 15) is 4.79 Å². The van der Waals surface area contributed by atoms with Gasteiger partial charge in [0.05, 0.1) is 11.2 Å². The Morgan fingerprint density at radius 1 is 1.24 bits per heavy atom. The summed E-state index contributed by atoms with van der Waals surface area (Å²) in [5.41, 5.74) is 1.12. The molecule has 4 nitrogen and oxygen atoms in total. The van der Waals surface area contributed by atoms with E-state index in [0.29, 0.717) is 17.3 Å². The molecular weight excluding hydrogens is 286 g/mol. The second-order valence-electron chi connectivity index (χ2n) is 4.67. The van der Waals surface area contributed by atoms with Crippen molar-refractivity contribution in [2.45, 2.75) is 13.5 Å². The highest BCUT2D eigenvalue weighted by molar-refractivity contribution is 6.34. The van der Waals surface area contributed by atoms with Crippen LogP contribution in [0, 0.1) is 0 Å². The fourth-order valence-electron chi connectivity index (χ4n) is 2.29. The summed E-state index contributed by atoms with van der Waals surface area (Å²) in [5.74, 6) is -0.255. The van der Waals surface area contributed by atoms with Crippen molar-refractivity contribution in [2.24, 2.45) is 0 Å². The normalized spacial score (nSPS) is 10.8. The fraction of sp³-hybridized carbons (Fsp3) is 0.125. The van der Waals surface area contributed by atoms with Gasteiger partial charge < -0.3 is 5.32 Å². The fourth-order valence-corrected chi connectivity index (χ4v) is 2.51. The molecule has 0 saturated carbocycles. The summed E-state index contributed by atoms with van der Waals surface area (Å²) in [6.07, 6.45) is 1.49. The highest BCUT2D eigenvalue weighted by Gasteiger charge is 2.16. The standard InChI is InChI=1S/C16H14ClN3O/c1-2-20-15(14(17)10-18-20)16(21)19-13-8-7-11-5-3-4-6-12(11)9-13/h3-10H,2H2,1H3,(H,19,21). The van der Waals surface area contributed by atoms with Crippen LogP contribution in [0.3, 0.4) is 0 Å². The molecule has 0 aliphatic carbocycles. The lowest BCUT2D eigenvalue weighted by Gasteiger charge is -2.08. The first-order valence-corrected chi connectivity index (χ1v) is 7.08. The van der Waals surface area contributed by atoms with Crippen LogP contribution < -0.4 is 5.32 Å². The van der Waals surface area contributed by atoms with Crippen LogP contribution in [0.5, 0.6) is 0 Å². The molecule has 3 rings (SSSR count). The Balaban J connectivity index is 1.90. The molecule has 1 amide bonds. The van der Waals surface area contributed by atoms with Crippen LogP contribution in [-0.4, -0.2) is 15.7 Å². The van der Waals surface area contributed by atoms with Gasteiger partial charge in [-0.25, -0.2) is 0 Å². The largest absolute Gasteiger partial charge is 0.321 e. The number of fused-ring (bicyclic) bond motifs is 1. The zero-order chi connectivity index (χ0) is 14.8. The molecule has 0 radical (unpaired) electrons. The third-order valence-corrected chi connectivity index (χ3v) is 3.59. The third-order valence-electron chi connectivity index (χ3n) is 3.32. The molecule has 1 aromatic heterocycles. The second kappa shape index (κ2) is 5.58. The summed E-state index contributed by atoms with van der Waals surface area (Å²) in [4.78, 5) is 12.4. The van der Waals surface area contributed by atoms with Crippen molar-refractivity contribution < 1.29 is 4.79 Å². The average Bonchev–Trinajstić information content (AvgIpc) is 2.88.